The van der Waals surface area contributed by atoms with Crippen molar-refractivity contribution in [3.63, 3.8) is 0 Å². The standard InChI is InChI=1S/C18H16N2O5S/c1-23-17(22)10-12-2-4-14(5-3-12)24-16(21)7-6-15-19-18(20-25-15)13-8-9-26-11-13/h2-5,8-9,11H,6-7,10H2,1H3. The largest absolute Gasteiger partial charge is 0.469 e. The smallest absolute Gasteiger partial charge is 0.311 e. The molecule has 0 saturated carbocycles. The average molecular weight is 372 g/mol. The molecule has 2 aromatic heterocycles. The number of aryl methyl sites for hydroxylation is 1. The molecule has 0 fully saturated rings. The Labute approximate surface area is 153 Å². The van der Waals surface area contributed by atoms with Gasteiger partial charge in [0.05, 0.1) is 20.0 Å². The summed E-state index contributed by atoms with van der Waals surface area (Å²) in [5.41, 5.74) is 1.67. The number of methoxy groups -OCH3 is 1. The molecule has 3 rings (SSSR count). The maximum atomic E-state index is 11.9. The molecule has 0 unspecified atom stereocenters. The van der Waals surface area contributed by atoms with Crippen molar-refractivity contribution in [2.45, 2.75) is 19.3 Å². The first-order valence-electron chi connectivity index (χ1n) is 7.85. The summed E-state index contributed by atoms with van der Waals surface area (Å²) in [6.45, 7) is 0. The lowest BCUT2D eigenvalue weighted by atomic mass is 10.1. The van der Waals surface area contributed by atoms with Crippen LogP contribution >= 0.6 is 11.3 Å². The summed E-state index contributed by atoms with van der Waals surface area (Å²) in [7, 11) is 1.34. The van der Waals surface area contributed by atoms with E-state index in [0.29, 0.717) is 23.9 Å². The van der Waals surface area contributed by atoms with Crippen LogP contribution in [0.5, 0.6) is 5.75 Å². The van der Waals surface area contributed by atoms with E-state index >= 15 is 0 Å². The van der Waals surface area contributed by atoms with Crippen LogP contribution in [0.2, 0.25) is 0 Å². The summed E-state index contributed by atoms with van der Waals surface area (Å²) in [5.74, 6) is 0.581. The number of carbonyl (C=O) groups is 2. The summed E-state index contributed by atoms with van der Waals surface area (Å²) in [6.07, 6.45) is 0.597. The average Bonchev–Trinajstić information content (AvgIpc) is 3.33. The van der Waals surface area contributed by atoms with Crippen molar-refractivity contribution in [2.24, 2.45) is 0 Å². The second-order valence-corrected chi connectivity index (χ2v) is 6.17. The zero-order chi connectivity index (χ0) is 18.4. The fourth-order valence-electron chi connectivity index (χ4n) is 2.17. The summed E-state index contributed by atoms with van der Waals surface area (Å²) in [4.78, 5) is 27.4. The van der Waals surface area contributed by atoms with Gasteiger partial charge >= 0.3 is 11.9 Å². The molecular formula is C18H16N2O5S. The Morgan fingerprint density at radius 1 is 1.15 bits per heavy atom. The van der Waals surface area contributed by atoms with E-state index in [2.05, 4.69) is 14.9 Å². The minimum Gasteiger partial charge on any atom is -0.469 e. The molecular weight excluding hydrogens is 356 g/mol. The highest BCUT2D eigenvalue weighted by Gasteiger charge is 2.12. The van der Waals surface area contributed by atoms with Crippen molar-refractivity contribution in [3.05, 3.63) is 52.5 Å². The molecule has 134 valence electrons. The van der Waals surface area contributed by atoms with Crippen molar-refractivity contribution in [1.82, 2.24) is 10.1 Å². The number of rotatable bonds is 7. The van der Waals surface area contributed by atoms with E-state index in [9.17, 15) is 9.59 Å². The van der Waals surface area contributed by atoms with E-state index in [4.69, 9.17) is 9.26 Å². The maximum absolute atomic E-state index is 11.9. The second-order valence-electron chi connectivity index (χ2n) is 5.39. The first-order chi connectivity index (χ1) is 12.6. The third-order valence-corrected chi connectivity index (χ3v) is 4.20. The highest BCUT2D eigenvalue weighted by molar-refractivity contribution is 7.08. The van der Waals surface area contributed by atoms with Gasteiger partial charge in [-0.25, -0.2) is 0 Å². The first kappa shape index (κ1) is 17.8. The van der Waals surface area contributed by atoms with Crippen LogP contribution in [0.1, 0.15) is 17.9 Å². The summed E-state index contributed by atoms with van der Waals surface area (Å²) in [6, 6.07) is 8.60. The van der Waals surface area contributed by atoms with Crippen LogP contribution in [0.25, 0.3) is 11.4 Å². The van der Waals surface area contributed by atoms with Gasteiger partial charge in [-0.3, -0.25) is 9.59 Å². The van der Waals surface area contributed by atoms with Crippen LogP contribution in [0.3, 0.4) is 0 Å². The zero-order valence-corrected chi connectivity index (χ0v) is 14.8. The van der Waals surface area contributed by atoms with Gasteiger partial charge in [-0.2, -0.15) is 16.3 Å². The van der Waals surface area contributed by atoms with Crippen LogP contribution in [0.4, 0.5) is 0 Å². The van der Waals surface area contributed by atoms with Crippen molar-refractivity contribution < 1.29 is 23.6 Å². The Kier molecular flexibility index (Phi) is 5.75. The summed E-state index contributed by atoms with van der Waals surface area (Å²) >= 11 is 1.55. The molecule has 0 atom stereocenters. The van der Waals surface area contributed by atoms with Gasteiger partial charge in [0, 0.05) is 17.4 Å². The Balaban J connectivity index is 1.49. The Morgan fingerprint density at radius 2 is 1.96 bits per heavy atom. The minimum atomic E-state index is -0.402. The molecule has 0 N–H and O–H groups in total. The molecule has 0 aliphatic rings. The Hall–Kier alpha value is -3.00. The van der Waals surface area contributed by atoms with Gasteiger partial charge in [0.2, 0.25) is 11.7 Å². The predicted molar refractivity (Wildman–Crippen MR) is 93.7 cm³/mol. The van der Waals surface area contributed by atoms with Gasteiger partial charge in [0.1, 0.15) is 5.75 Å². The van der Waals surface area contributed by atoms with Gasteiger partial charge in [-0.15, -0.1) is 0 Å². The lowest BCUT2D eigenvalue weighted by Crippen LogP contribution is -2.09. The predicted octanol–water partition coefficient (Wildman–Crippen LogP) is 3.05. The number of aromatic nitrogens is 2. The van der Waals surface area contributed by atoms with Gasteiger partial charge in [0.15, 0.2) is 0 Å². The van der Waals surface area contributed by atoms with E-state index in [0.717, 1.165) is 11.1 Å². The number of thiophene rings is 1. The lowest BCUT2D eigenvalue weighted by Gasteiger charge is -2.05. The minimum absolute atomic E-state index is 0.120. The van der Waals surface area contributed by atoms with Gasteiger partial charge < -0.3 is 14.0 Å². The molecule has 0 spiro atoms. The normalized spacial score (nSPS) is 10.5. The third kappa shape index (κ3) is 4.76. The van der Waals surface area contributed by atoms with E-state index < -0.39 is 5.97 Å². The fraction of sp³-hybridized carbons (Fsp3) is 0.222. The van der Waals surface area contributed by atoms with Crippen molar-refractivity contribution >= 4 is 23.3 Å². The Bertz CT molecular complexity index is 871. The number of ether oxygens (including phenoxy) is 2. The molecule has 7 nitrogen and oxygen atoms in total. The number of esters is 2. The number of hydrogen-bond acceptors (Lipinski definition) is 8. The van der Waals surface area contributed by atoms with Crippen LogP contribution in [0, 0.1) is 0 Å². The summed E-state index contributed by atoms with van der Waals surface area (Å²) in [5, 5.41) is 7.74. The Morgan fingerprint density at radius 3 is 2.65 bits per heavy atom. The van der Waals surface area contributed by atoms with Crippen LogP contribution in [-0.4, -0.2) is 29.2 Å². The topological polar surface area (TPSA) is 91.5 Å². The molecule has 0 aliphatic heterocycles. The van der Waals surface area contributed by atoms with Crippen LogP contribution in [0.15, 0.2) is 45.6 Å². The summed E-state index contributed by atoms with van der Waals surface area (Å²) < 4.78 is 15.0. The molecule has 26 heavy (non-hydrogen) atoms. The molecule has 0 aliphatic carbocycles. The van der Waals surface area contributed by atoms with Crippen molar-refractivity contribution in [3.8, 4) is 17.1 Å². The van der Waals surface area contributed by atoms with E-state index in [1.165, 1.54) is 7.11 Å². The number of hydrogen-bond donors (Lipinski definition) is 0. The van der Waals surface area contributed by atoms with E-state index in [1.807, 2.05) is 16.8 Å². The zero-order valence-electron chi connectivity index (χ0n) is 14.0. The molecule has 0 bridgehead atoms. The first-order valence-corrected chi connectivity index (χ1v) is 8.80. The van der Waals surface area contributed by atoms with E-state index in [1.54, 1.807) is 35.6 Å². The highest BCUT2D eigenvalue weighted by Crippen LogP contribution is 2.19. The molecule has 8 heteroatoms. The SMILES string of the molecule is COC(=O)Cc1ccc(OC(=O)CCc2nc(-c3ccsc3)no2)cc1. The highest BCUT2D eigenvalue weighted by atomic mass is 32.1. The molecule has 2 heterocycles. The molecule has 0 radical (unpaired) electrons. The van der Waals surface area contributed by atoms with Crippen molar-refractivity contribution in [1.29, 1.82) is 0 Å². The molecule has 1 aromatic carbocycles. The maximum Gasteiger partial charge on any atom is 0.311 e. The monoisotopic (exact) mass is 372 g/mol. The van der Waals surface area contributed by atoms with Crippen LogP contribution in [-0.2, 0) is 27.2 Å². The number of nitrogens with zero attached hydrogens (tertiary/aromatic N) is 2. The quantitative estimate of drug-likeness (QED) is 0.465. The van der Waals surface area contributed by atoms with Gasteiger partial charge in [0.25, 0.3) is 0 Å². The van der Waals surface area contributed by atoms with Gasteiger partial charge in [-0.1, -0.05) is 17.3 Å². The molecule has 3 aromatic rings. The number of carbonyl (C=O) groups excluding carboxylic acids is 2. The second kappa shape index (κ2) is 8.39. The lowest BCUT2D eigenvalue weighted by molar-refractivity contribution is -0.140. The van der Waals surface area contributed by atoms with Gasteiger partial charge in [-0.05, 0) is 29.1 Å². The number of benzene rings is 1. The third-order valence-electron chi connectivity index (χ3n) is 3.52. The van der Waals surface area contributed by atoms with Crippen molar-refractivity contribution in [2.75, 3.05) is 7.11 Å². The van der Waals surface area contributed by atoms with E-state index in [-0.39, 0.29) is 18.8 Å². The van der Waals surface area contributed by atoms with Crippen LogP contribution < -0.4 is 4.74 Å². The fourth-order valence-corrected chi connectivity index (χ4v) is 2.81. The molecule has 0 saturated heterocycles. The molecule has 0 amide bonds.